The molecule has 2 unspecified atom stereocenters. The van der Waals surface area contributed by atoms with E-state index in [4.69, 9.17) is 32.7 Å². The molecule has 0 amide bonds. The molecule has 0 bridgehead atoms. The molecule has 0 spiro atoms. The van der Waals surface area contributed by atoms with Crippen LogP contribution in [-0.4, -0.2) is 36.7 Å². The molecule has 1 saturated heterocycles. The summed E-state index contributed by atoms with van der Waals surface area (Å²) in [6, 6.07) is 15.7. The third-order valence-corrected chi connectivity index (χ3v) is 4.97. The van der Waals surface area contributed by atoms with E-state index in [-0.39, 0.29) is 12.2 Å². The molecule has 0 N–H and O–H groups in total. The maximum atomic E-state index is 6.31. The smallest absolute Gasteiger partial charge is 0.151 e. The van der Waals surface area contributed by atoms with Crippen molar-refractivity contribution >= 4 is 23.2 Å². The third-order valence-electron chi connectivity index (χ3n) is 4.47. The zero-order valence-corrected chi connectivity index (χ0v) is 16.0. The Kier molecular flexibility index (Phi) is 6.24. The third kappa shape index (κ3) is 4.89. The first-order valence-electron chi connectivity index (χ1n) is 8.56. The molecule has 0 aromatic heterocycles. The average molecular weight is 380 g/mol. The second-order valence-electron chi connectivity index (χ2n) is 6.54. The predicted molar refractivity (Wildman–Crippen MR) is 103 cm³/mol. The van der Waals surface area contributed by atoms with Crippen LogP contribution in [0.25, 0.3) is 0 Å². The number of hydrogen-bond acceptors (Lipinski definition) is 3. The van der Waals surface area contributed by atoms with Crippen LogP contribution < -0.4 is 4.74 Å². The highest BCUT2D eigenvalue weighted by Crippen LogP contribution is 2.30. The average Bonchev–Trinajstić information content (AvgIpc) is 2.62. The van der Waals surface area contributed by atoms with Gasteiger partial charge in [-0.1, -0.05) is 35.3 Å². The van der Waals surface area contributed by atoms with Crippen LogP contribution in [0.4, 0.5) is 0 Å². The molecule has 2 aromatic carbocycles. The molecule has 2 aromatic rings. The van der Waals surface area contributed by atoms with Gasteiger partial charge in [0.05, 0.1) is 6.61 Å². The first-order valence-corrected chi connectivity index (χ1v) is 9.32. The number of hydrogen-bond donors (Lipinski definition) is 0. The van der Waals surface area contributed by atoms with Crippen LogP contribution in [0.5, 0.6) is 5.75 Å². The van der Waals surface area contributed by atoms with Gasteiger partial charge in [0, 0.05) is 29.2 Å². The number of rotatable bonds is 5. The number of morpholine rings is 1. The fourth-order valence-corrected chi connectivity index (χ4v) is 3.27. The Balaban J connectivity index is 1.85. The minimum Gasteiger partial charge on any atom is -0.483 e. The normalized spacial score (nSPS) is 19.8. The maximum Gasteiger partial charge on any atom is 0.151 e. The molecule has 2 atom stereocenters. The van der Waals surface area contributed by atoms with E-state index in [1.54, 1.807) is 0 Å². The van der Waals surface area contributed by atoms with Crippen LogP contribution in [0.15, 0.2) is 48.5 Å². The number of halogens is 2. The zero-order chi connectivity index (χ0) is 17.8. The molecule has 3 nitrogen and oxygen atoms in total. The van der Waals surface area contributed by atoms with Gasteiger partial charge in [-0.25, -0.2) is 0 Å². The predicted octanol–water partition coefficient (Wildman–Crippen LogP) is 5.22. The Morgan fingerprint density at radius 1 is 1.00 bits per heavy atom. The Labute approximate surface area is 159 Å². The molecule has 0 radical (unpaired) electrons. The van der Waals surface area contributed by atoms with Crippen molar-refractivity contribution in [2.75, 3.05) is 19.7 Å². The van der Waals surface area contributed by atoms with Crippen molar-refractivity contribution in [3.05, 3.63) is 64.1 Å². The SMILES string of the molecule is CC(C)N1CCOC(C(Oc2ccc(Cl)cc2)c2ccc(Cl)cc2)C1. The largest absolute Gasteiger partial charge is 0.483 e. The zero-order valence-electron chi connectivity index (χ0n) is 14.5. The fourth-order valence-electron chi connectivity index (χ4n) is 3.02. The fraction of sp³-hybridized carbons (Fsp3) is 0.400. The Morgan fingerprint density at radius 3 is 2.20 bits per heavy atom. The van der Waals surface area contributed by atoms with E-state index in [2.05, 4.69) is 18.7 Å². The Bertz CT molecular complexity index is 673. The van der Waals surface area contributed by atoms with Crippen molar-refractivity contribution in [3.8, 4) is 5.75 Å². The summed E-state index contributed by atoms with van der Waals surface area (Å²) < 4.78 is 12.4. The molecule has 0 saturated carbocycles. The van der Waals surface area contributed by atoms with Gasteiger partial charge in [0.25, 0.3) is 0 Å². The van der Waals surface area contributed by atoms with E-state index >= 15 is 0 Å². The summed E-state index contributed by atoms with van der Waals surface area (Å²) in [5, 5.41) is 1.40. The molecular formula is C20H23Cl2NO2. The monoisotopic (exact) mass is 379 g/mol. The minimum atomic E-state index is -0.208. The van der Waals surface area contributed by atoms with E-state index < -0.39 is 0 Å². The number of ether oxygens (including phenoxy) is 2. The van der Waals surface area contributed by atoms with Gasteiger partial charge in [-0.15, -0.1) is 0 Å². The summed E-state index contributed by atoms with van der Waals surface area (Å²) in [5.74, 6) is 0.773. The van der Waals surface area contributed by atoms with Crippen LogP contribution in [0, 0.1) is 0 Å². The van der Waals surface area contributed by atoms with Gasteiger partial charge in [-0.05, 0) is 55.8 Å². The molecule has 25 heavy (non-hydrogen) atoms. The van der Waals surface area contributed by atoms with E-state index in [0.29, 0.717) is 22.7 Å². The van der Waals surface area contributed by atoms with E-state index in [9.17, 15) is 0 Å². The molecule has 1 aliphatic rings. The number of nitrogens with zero attached hydrogens (tertiary/aromatic N) is 1. The van der Waals surface area contributed by atoms with Crippen LogP contribution in [0.3, 0.4) is 0 Å². The molecule has 0 aliphatic carbocycles. The van der Waals surface area contributed by atoms with Gasteiger partial charge < -0.3 is 9.47 Å². The van der Waals surface area contributed by atoms with Gasteiger partial charge in [0.1, 0.15) is 11.9 Å². The molecule has 3 rings (SSSR count). The molecular weight excluding hydrogens is 357 g/mol. The lowest BCUT2D eigenvalue weighted by atomic mass is 10.0. The summed E-state index contributed by atoms with van der Waals surface area (Å²) in [7, 11) is 0. The first-order chi connectivity index (χ1) is 12.0. The summed E-state index contributed by atoms with van der Waals surface area (Å²) >= 11 is 12.0. The van der Waals surface area contributed by atoms with Crippen molar-refractivity contribution in [2.24, 2.45) is 0 Å². The van der Waals surface area contributed by atoms with E-state index in [0.717, 1.165) is 24.4 Å². The highest BCUT2D eigenvalue weighted by molar-refractivity contribution is 6.30. The minimum absolute atomic E-state index is 0.0481. The summed E-state index contributed by atoms with van der Waals surface area (Å²) in [4.78, 5) is 2.42. The van der Waals surface area contributed by atoms with Crippen LogP contribution in [-0.2, 0) is 4.74 Å². The standard InChI is InChI=1S/C20H23Cl2NO2/c1-14(2)23-11-12-24-19(13-23)20(15-3-5-16(21)6-4-15)25-18-9-7-17(22)8-10-18/h3-10,14,19-20H,11-13H2,1-2H3. The molecule has 1 aliphatic heterocycles. The van der Waals surface area contributed by atoms with Crippen molar-refractivity contribution < 1.29 is 9.47 Å². The van der Waals surface area contributed by atoms with Gasteiger partial charge >= 0.3 is 0 Å². The van der Waals surface area contributed by atoms with Crippen LogP contribution >= 0.6 is 23.2 Å². The van der Waals surface area contributed by atoms with Crippen molar-refractivity contribution in [3.63, 3.8) is 0 Å². The quantitative estimate of drug-likeness (QED) is 0.710. The first kappa shape index (κ1) is 18.5. The van der Waals surface area contributed by atoms with Crippen molar-refractivity contribution in [1.82, 2.24) is 4.90 Å². The van der Waals surface area contributed by atoms with Gasteiger partial charge in [0.15, 0.2) is 6.10 Å². The lowest BCUT2D eigenvalue weighted by Gasteiger charge is -2.39. The second kappa shape index (κ2) is 8.41. The number of benzene rings is 2. The van der Waals surface area contributed by atoms with Gasteiger partial charge in [-0.3, -0.25) is 4.90 Å². The van der Waals surface area contributed by atoms with Gasteiger partial charge in [0.2, 0.25) is 0 Å². The van der Waals surface area contributed by atoms with E-state index in [1.807, 2.05) is 48.5 Å². The summed E-state index contributed by atoms with van der Waals surface area (Å²) in [6.45, 7) is 6.90. The van der Waals surface area contributed by atoms with Crippen LogP contribution in [0.1, 0.15) is 25.5 Å². The van der Waals surface area contributed by atoms with Crippen molar-refractivity contribution in [1.29, 1.82) is 0 Å². The summed E-state index contributed by atoms with van der Waals surface area (Å²) in [6.07, 6.45) is -0.256. The molecule has 1 heterocycles. The second-order valence-corrected chi connectivity index (χ2v) is 7.41. The van der Waals surface area contributed by atoms with E-state index in [1.165, 1.54) is 0 Å². The van der Waals surface area contributed by atoms with Crippen molar-refractivity contribution in [2.45, 2.75) is 32.1 Å². The Hall–Kier alpha value is -1.26. The molecule has 5 heteroatoms. The maximum absolute atomic E-state index is 6.31. The lowest BCUT2D eigenvalue weighted by molar-refractivity contribution is -0.0885. The van der Waals surface area contributed by atoms with Crippen LogP contribution in [0.2, 0.25) is 10.0 Å². The van der Waals surface area contributed by atoms with Gasteiger partial charge in [-0.2, -0.15) is 0 Å². The topological polar surface area (TPSA) is 21.7 Å². The highest BCUT2D eigenvalue weighted by atomic mass is 35.5. The Morgan fingerprint density at radius 2 is 1.60 bits per heavy atom. The lowest BCUT2D eigenvalue weighted by Crippen LogP contribution is -2.48. The molecule has 134 valence electrons. The molecule has 1 fully saturated rings. The highest BCUT2D eigenvalue weighted by Gasteiger charge is 2.32. The summed E-state index contributed by atoms with van der Waals surface area (Å²) in [5.41, 5.74) is 1.05.